The van der Waals surface area contributed by atoms with E-state index in [1.54, 1.807) is 12.1 Å². The third-order valence-electron chi connectivity index (χ3n) is 5.98. The van der Waals surface area contributed by atoms with Crippen LogP contribution in [0, 0.1) is 17.8 Å². The van der Waals surface area contributed by atoms with E-state index in [-0.39, 0.29) is 31.1 Å². The van der Waals surface area contributed by atoms with Crippen molar-refractivity contribution in [3.05, 3.63) is 47.7 Å². The van der Waals surface area contributed by atoms with E-state index in [1.165, 1.54) is 30.5 Å². The number of hydrogen-bond donors (Lipinski definition) is 4. The molecule has 0 saturated heterocycles. The third kappa shape index (κ3) is 5.55. The fourth-order valence-electron chi connectivity index (χ4n) is 4.33. The zero-order valence-corrected chi connectivity index (χ0v) is 18.6. The molecule has 0 bridgehead atoms. The normalized spacial score (nSPS) is 28.8. The number of carbonyl (C=O) groups excluding carboxylic acids is 2. The minimum absolute atomic E-state index is 0.0507. The first kappa shape index (κ1) is 24.8. The second-order valence-corrected chi connectivity index (χ2v) is 8.81. The van der Waals surface area contributed by atoms with Gasteiger partial charge < -0.3 is 34.6 Å². The maximum absolute atomic E-state index is 12.4. The van der Waals surface area contributed by atoms with Crippen LogP contribution in [0.5, 0.6) is 5.75 Å². The van der Waals surface area contributed by atoms with Gasteiger partial charge in [0.1, 0.15) is 17.5 Å². The fourth-order valence-corrected chi connectivity index (χ4v) is 4.33. The highest BCUT2D eigenvalue weighted by Crippen LogP contribution is 2.50. The van der Waals surface area contributed by atoms with Gasteiger partial charge in [-0.3, -0.25) is 4.79 Å². The van der Waals surface area contributed by atoms with Gasteiger partial charge in [-0.05, 0) is 41.7 Å². The number of benzene rings is 1. The second-order valence-electron chi connectivity index (χ2n) is 8.81. The Kier molecular flexibility index (Phi) is 7.78. The highest BCUT2D eigenvalue weighted by molar-refractivity contribution is 5.87. The van der Waals surface area contributed by atoms with Gasteiger partial charge >= 0.3 is 11.9 Å². The Morgan fingerprint density at radius 1 is 1.21 bits per heavy atom. The molecule has 0 aromatic heterocycles. The molecule has 5 atom stereocenters. The zero-order valence-electron chi connectivity index (χ0n) is 18.6. The monoisotopic (exact) mass is 462 g/mol. The molecule has 180 valence electrons. The zero-order chi connectivity index (χ0) is 24.2. The highest BCUT2D eigenvalue weighted by Gasteiger charge is 2.62. The van der Waals surface area contributed by atoms with Crippen molar-refractivity contribution in [3.63, 3.8) is 0 Å². The molecule has 0 spiro atoms. The number of aliphatic hydroxyl groups is 3. The molecular weight excluding hydrogens is 432 g/mol. The van der Waals surface area contributed by atoms with E-state index >= 15 is 0 Å². The predicted octanol–water partition coefficient (Wildman–Crippen LogP) is 1.50. The van der Waals surface area contributed by atoms with Gasteiger partial charge in [0, 0.05) is 18.4 Å². The fraction of sp³-hybridized carbons (Fsp3) is 0.500. The molecule has 0 unspecified atom stereocenters. The molecule has 0 amide bonds. The van der Waals surface area contributed by atoms with Gasteiger partial charge in [-0.1, -0.05) is 26.0 Å². The molecule has 9 heteroatoms. The first-order valence-electron chi connectivity index (χ1n) is 10.8. The second kappa shape index (κ2) is 10.4. The number of esters is 2. The predicted molar refractivity (Wildman–Crippen MR) is 116 cm³/mol. The Balaban J connectivity index is 1.78. The van der Waals surface area contributed by atoms with Crippen molar-refractivity contribution in [2.75, 3.05) is 13.2 Å². The molecule has 1 aliphatic heterocycles. The Morgan fingerprint density at radius 3 is 2.52 bits per heavy atom. The lowest BCUT2D eigenvalue weighted by atomic mass is 9.80. The summed E-state index contributed by atoms with van der Waals surface area (Å²) in [5.74, 6) is -2.60. The van der Waals surface area contributed by atoms with E-state index in [1.807, 2.05) is 13.8 Å². The van der Waals surface area contributed by atoms with Gasteiger partial charge in [-0.15, -0.1) is 0 Å². The molecule has 1 aliphatic carbocycles. The number of aliphatic hydroxyl groups excluding tert-OH is 2. The minimum atomic E-state index is -1.95. The lowest BCUT2D eigenvalue weighted by molar-refractivity contribution is -0.221. The first-order chi connectivity index (χ1) is 15.7. The van der Waals surface area contributed by atoms with Crippen LogP contribution >= 0.6 is 0 Å². The maximum atomic E-state index is 12.4. The van der Waals surface area contributed by atoms with E-state index in [0.29, 0.717) is 11.1 Å². The van der Waals surface area contributed by atoms with Crippen LogP contribution in [0.15, 0.2) is 42.2 Å². The van der Waals surface area contributed by atoms with Crippen LogP contribution in [-0.2, 0) is 23.8 Å². The van der Waals surface area contributed by atoms with Crippen LogP contribution in [0.3, 0.4) is 0 Å². The average Bonchev–Trinajstić information content (AvgIpc) is 3.06. The summed E-state index contributed by atoms with van der Waals surface area (Å²) in [5.41, 5.74) is -0.857. The molecule has 1 saturated carbocycles. The van der Waals surface area contributed by atoms with Gasteiger partial charge in [0.2, 0.25) is 6.29 Å². The van der Waals surface area contributed by atoms with E-state index in [0.717, 1.165) is 0 Å². The van der Waals surface area contributed by atoms with Crippen molar-refractivity contribution in [1.29, 1.82) is 0 Å². The number of aromatic hydroxyl groups is 1. The lowest BCUT2D eigenvalue weighted by Crippen LogP contribution is -2.54. The van der Waals surface area contributed by atoms with E-state index in [4.69, 9.17) is 14.2 Å². The smallest absolute Gasteiger partial charge is 0.331 e. The summed E-state index contributed by atoms with van der Waals surface area (Å²) < 4.78 is 16.4. The van der Waals surface area contributed by atoms with Gasteiger partial charge in [-0.2, -0.15) is 0 Å². The largest absolute Gasteiger partial charge is 0.508 e. The van der Waals surface area contributed by atoms with Crippen molar-refractivity contribution < 1.29 is 44.2 Å². The Labute approximate surface area is 191 Å². The summed E-state index contributed by atoms with van der Waals surface area (Å²) in [6.45, 7) is 2.58. The summed E-state index contributed by atoms with van der Waals surface area (Å²) in [5, 5.41) is 40.5. The van der Waals surface area contributed by atoms with Crippen LogP contribution in [0.25, 0.3) is 6.08 Å². The molecule has 0 radical (unpaired) electrons. The van der Waals surface area contributed by atoms with Crippen molar-refractivity contribution in [1.82, 2.24) is 0 Å². The van der Waals surface area contributed by atoms with Crippen molar-refractivity contribution in [2.45, 2.75) is 44.7 Å². The van der Waals surface area contributed by atoms with Gasteiger partial charge in [0.05, 0.1) is 25.4 Å². The Hall–Kier alpha value is -2.88. The number of ether oxygens (including phenoxy) is 3. The van der Waals surface area contributed by atoms with Gasteiger partial charge in [-0.25, -0.2) is 4.79 Å². The SMILES string of the molecule is CC(C)CC(=O)O[C@H]1OC=C(CO)[C@@H]2C[C@@H](OC(=O)C=Cc3ccc(O)cc3)[C@@](O)(CO)[C@H]12. The number of rotatable bonds is 8. The molecule has 9 nitrogen and oxygen atoms in total. The lowest BCUT2D eigenvalue weighted by Gasteiger charge is -2.39. The number of phenolic OH excluding ortho intramolecular Hbond substituents is 1. The molecule has 1 heterocycles. The Morgan fingerprint density at radius 2 is 1.91 bits per heavy atom. The summed E-state index contributed by atoms with van der Waals surface area (Å²) >= 11 is 0. The molecule has 1 aromatic rings. The van der Waals surface area contributed by atoms with E-state index in [9.17, 15) is 30.0 Å². The topological polar surface area (TPSA) is 143 Å². The number of phenols is 1. The standard InChI is InChI=1S/C24H30O9/c1-14(2)9-21(29)33-23-22-18(16(11-25)12-31-23)10-19(24(22,30)13-26)32-20(28)8-5-15-3-6-17(27)7-4-15/h3-8,12,14,18-19,22-23,25-27,30H,9-11,13H2,1-2H3/t18-,19+,22-,23+,24-/m0/s1. The van der Waals surface area contributed by atoms with Gasteiger partial charge in [0.15, 0.2) is 0 Å². The molecule has 2 aliphatic rings. The van der Waals surface area contributed by atoms with Crippen LogP contribution in [0.1, 0.15) is 32.3 Å². The van der Waals surface area contributed by atoms with E-state index < -0.39 is 48.4 Å². The summed E-state index contributed by atoms with van der Waals surface area (Å²) in [6, 6.07) is 6.17. The van der Waals surface area contributed by atoms with Crippen LogP contribution < -0.4 is 0 Å². The van der Waals surface area contributed by atoms with Crippen LogP contribution in [0.4, 0.5) is 0 Å². The molecule has 1 fully saturated rings. The highest BCUT2D eigenvalue weighted by atomic mass is 16.7. The third-order valence-corrected chi connectivity index (χ3v) is 5.98. The summed E-state index contributed by atoms with van der Waals surface area (Å²) in [6.07, 6.45) is 1.87. The van der Waals surface area contributed by atoms with Crippen LogP contribution in [-0.4, -0.2) is 63.6 Å². The van der Waals surface area contributed by atoms with Crippen molar-refractivity contribution >= 4 is 18.0 Å². The van der Waals surface area contributed by atoms with Gasteiger partial charge in [0.25, 0.3) is 0 Å². The number of hydrogen-bond acceptors (Lipinski definition) is 9. The molecule has 3 rings (SSSR count). The quantitative estimate of drug-likeness (QED) is 0.334. The number of carbonyl (C=O) groups is 2. The molecular formula is C24H30O9. The summed E-state index contributed by atoms with van der Waals surface area (Å²) in [4.78, 5) is 24.7. The maximum Gasteiger partial charge on any atom is 0.331 e. The van der Waals surface area contributed by atoms with Crippen LogP contribution in [0.2, 0.25) is 0 Å². The Bertz CT molecular complexity index is 905. The minimum Gasteiger partial charge on any atom is -0.508 e. The molecule has 33 heavy (non-hydrogen) atoms. The van der Waals surface area contributed by atoms with Crippen molar-refractivity contribution in [2.24, 2.45) is 17.8 Å². The number of fused-ring (bicyclic) bond motifs is 1. The molecule has 4 N–H and O–H groups in total. The molecule has 1 aromatic carbocycles. The summed E-state index contributed by atoms with van der Waals surface area (Å²) in [7, 11) is 0. The average molecular weight is 462 g/mol. The van der Waals surface area contributed by atoms with E-state index in [2.05, 4.69) is 0 Å². The first-order valence-corrected chi connectivity index (χ1v) is 10.8. The van der Waals surface area contributed by atoms with Crippen molar-refractivity contribution in [3.8, 4) is 5.75 Å².